The molecule has 0 saturated heterocycles. The molecule has 5 aromatic rings. The molecule has 0 atom stereocenters. The van der Waals surface area contributed by atoms with Crippen LogP contribution in [-0.4, -0.2) is 28.3 Å². The minimum atomic E-state index is -0.668. The maximum absolute atomic E-state index is 13.3. The van der Waals surface area contributed by atoms with Crippen molar-refractivity contribution in [3.63, 3.8) is 0 Å². The highest BCUT2D eigenvalue weighted by molar-refractivity contribution is 7.20. The van der Waals surface area contributed by atoms with Gasteiger partial charge in [-0.25, -0.2) is 13.9 Å². The Kier molecular flexibility index (Phi) is 5.31. The molecular formula is C24H15FN4O4S. The first-order valence-electron chi connectivity index (χ1n) is 10.1. The van der Waals surface area contributed by atoms with Crippen LogP contribution in [0.25, 0.3) is 26.9 Å². The number of hydrogen-bond acceptors (Lipinski definition) is 7. The van der Waals surface area contributed by atoms with Gasteiger partial charge in [0, 0.05) is 10.8 Å². The number of thiophene rings is 1. The van der Waals surface area contributed by atoms with Gasteiger partial charge >= 0.3 is 5.97 Å². The van der Waals surface area contributed by atoms with Gasteiger partial charge in [-0.2, -0.15) is 10.4 Å². The molecule has 0 spiro atoms. The molecule has 1 N–H and O–H groups in total. The molecule has 0 saturated carbocycles. The summed E-state index contributed by atoms with van der Waals surface area (Å²) in [4.78, 5) is 26.0. The van der Waals surface area contributed by atoms with Crippen LogP contribution < -0.4 is 5.32 Å². The zero-order valence-corrected chi connectivity index (χ0v) is 18.5. The number of esters is 1. The number of aromatic nitrogens is 2. The van der Waals surface area contributed by atoms with Crippen LogP contribution in [-0.2, 0) is 9.53 Å². The van der Waals surface area contributed by atoms with Crippen LogP contribution in [0.1, 0.15) is 21.1 Å². The smallest absolute Gasteiger partial charge is 0.348 e. The molecule has 3 aromatic heterocycles. The second kappa shape index (κ2) is 8.46. The average Bonchev–Trinajstić information content (AvgIpc) is 3.51. The summed E-state index contributed by atoms with van der Waals surface area (Å²) in [6, 6.07) is 16.3. The molecule has 34 heavy (non-hydrogen) atoms. The van der Waals surface area contributed by atoms with Crippen LogP contribution in [0.4, 0.5) is 10.1 Å². The minimum absolute atomic E-state index is 0.0359. The Balaban J connectivity index is 1.32. The number of rotatable bonds is 5. The Morgan fingerprint density at radius 3 is 2.74 bits per heavy atom. The van der Waals surface area contributed by atoms with Crippen LogP contribution in [0.3, 0.4) is 0 Å². The molecule has 1 amide bonds. The topological polar surface area (TPSA) is 110 Å². The lowest BCUT2D eigenvalue weighted by atomic mass is 10.2. The predicted molar refractivity (Wildman–Crippen MR) is 123 cm³/mol. The Bertz CT molecular complexity index is 1610. The highest BCUT2D eigenvalue weighted by Gasteiger charge is 2.20. The number of nitrogens with zero attached hydrogens (tertiary/aromatic N) is 3. The van der Waals surface area contributed by atoms with Gasteiger partial charge in [0.05, 0.1) is 11.4 Å². The van der Waals surface area contributed by atoms with Crippen LogP contribution >= 0.6 is 11.3 Å². The minimum Gasteiger partial charge on any atom is -0.451 e. The number of benzene rings is 2. The summed E-state index contributed by atoms with van der Waals surface area (Å²) in [7, 11) is 0. The van der Waals surface area contributed by atoms with E-state index in [9.17, 15) is 19.2 Å². The van der Waals surface area contributed by atoms with E-state index in [4.69, 9.17) is 9.15 Å². The molecule has 10 heteroatoms. The normalized spacial score (nSPS) is 11.0. The van der Waals surface area contributed by atoms with Crippen molar-refractivity contribution in [2.24, 2.45) is 0 Å². The maximum Gasteiger partial charge on any atom is 0.348 e. The fraction of sp³-hybridized carbons (Fsp3) is 0.0833. The summed E-state index contributed by atoms with van der Waals surface area (Å²) < 4.78 is 25.5. The lowest BCUT2D eigenvalue weighted by molar-refractivity contribution is -0.119. The number of nitriles is 1. The predicted octanol–water partition coefficient (Wildman–Crippen LogP) is 4.95. The molecule has 0 unspecified atom stereocenters. The molecule has 0 bridgehead atoms. The maximum atomic E-state index is 13.3. The number of aryl methyl sites for hydroxylation is 1. The van der Waals surface area contributed by atoms with Crippen molar-refractivity contribution in [1.29, 1.82) is 5.26 Å². The molecule has 0 aliphatic heterocycles. The van der Waals surface area contributed by atoms with E-state index < -0.39 is 18.5 Å². The number of para-hydroxylation sites is 1. The molecule has 168 valence electrons. The van der Waals surface area contributed by atoms with Crippen molar-refractivity contribution < 1.29 is 23.1 Å². The molecule has 0 aliphatic carbocycles. The number of nitrogens with one attached hydrogen (secondary N) is 1. The van der Waals surface area contributed by atoms with Crippen molar-refractivity contribution in [2.75, 3.05) is 11.9 Å². The largest absolute Gasteiger partial charge is 0.451 e. The van der Waals surface area contributed by atoms with E-state index in [0.29, 0.717) is 32.1 Å². The average molecular weight is 474 g/mol. The van der Waals surface area contributed by atoms with E-state index in [1.54, 1.807) is 54.1 Å². The molecule has 0 fully saturated rings. The van der Waals surface area contributed by atoms with Gasteiger partial charge in [0.25, 0.3) is 5.91 Å². The second-order valence-electron chi connectivity index (χ2n) is 7.34. The lowest BCUT2D eigenvalue weighted by Gasteiger charge is -2.05. The first kappa shape index (κ1) is 21.4. The summed E-state index contributed by atoms with van der Waals surface area (Å²) in [5, 5.41) is 17.7. The van der Waals surface area contributed by atoms with E-state index in [1.165, 1.54) is 12.1 Å². The molecule has 8 nitrogen and oxygen atoms in total. The number of hydrogen-bond donors (Lipinski definition) is 1. The quantitative estimate of drug-likeness (QED) is 0.361. The molecule has 3 heterocycles. The number of halogens is 1. The van der Waals surface area contributed by atoms with Crippen molar-refractivity contribution in [1.82, 2.24) is 9.78 Å². The number of carbonyl (C=O) groups excluding carboxylic acids is 2. The summed E-state index contributed by atoms with van der Waals surface area (Å²) in [6.45, 7) is 1.26. The van der Waals surface area contributed by atoms with Crippen molar-refractivity contribution in [2.45, 2.75) is 6.92 Å². The van der Waals surface area contributed by atoms with Crippen LogP contribution in [0.15, 0.2) is 59.0 Å². The highest BCUT2D eigenvalue weighted by Crippen LogP contribution is 2.32. The first-order valence-corrected chi connectivity index (χ1v) is 10.9. The second-order valence-corrected chi connectivity index (χ2v) is 8.37. The molecular weight excluding hydrogens is 459 g/mol. The van der Waals surface area contributed by atoms with Crippen molar-refractivity contribution >= 4 is 50.1 Å². The molecule has 0 radical (unpaired) electrons. The number of ether oxygens (including phenoxy) is 1. The zero-order valence-electron chi connectivity index (χ0n) is 17.7. The van der Waals surface area contributed by atoms with Crippen LogP contribution in [0, 0.1) is 24.1 Å². The third-order valence-electron chi connectivity index (χ3n) is 5.11. The van der Waals surface area contributed by atoms with Gasteiger partial charge in [-0.05, 0) is 49.4 Å². The molecule has 0 aliphatic rings. The number of furan rings is 1. The van der Waals surface area contributed by atoms with Gasteiger partial charge in [0.1, 0.15) is 32.9 Å². The third kappa shape index (κ3) is 3.78. The Labute approximate surface area is 195 Å². The lowest BCUT2D eigenvalue weighted by Crippen LogP contribution is -2.20. The van der Waals surface area contributed by atoms with E-state index in [-0.39, 0.29) is 17.3 Å². The van der Waals surface area contributed by atoms with E-state index in [2.05, 4.69) is 10.4 Å². The summed E-state index contributed by atoms with van der Waals surface area (Å²) >= 11 is 1.16. The van der Waals surface area contributed by atoms with Crippen molar-refractivity contribution in [3.8, 4) is 11.8 Å². The first-order chi connectivity index (χ1) is 16.4. The SMILES string of the molecule is Cc1nn(-c2ccc(F)cc2)c2sc(C(=O)OCC(=O)Nc3c(C#N)oc4ccccc34)cc12. The number of amides is 1. The fourth-order valence-electron chi connectivity index (χ4n) is 3.53. The van der Waals surface area contributed by atoms with E-state index in [0.717, 1.165) is 16.7 Å². The Morgan fingerprint density at radius 2 is 1.97 bits per heavy atom. The Morgan fingerprint density at radius 1 is 1.21 bits per heavy atom. The molecule has 5 rings (SSSR count). The van der Waals surface area contributed by atoms with Gasteiger partial charge in [-0.1, -0.05) is 12.1 Å². The summed E-state index contributed by atoms with van der Waals surface area (Å²) in [5.74, 6) is -1.67. The van der Waals surface area contributed by atoms with E-state index >= 15 is 0 Å². The Hall–Kier alpha value is -4.49. The number of carbonyl (C=O) groups is 2. The van der Waals surface area contributed by atoms with Crippen LogP contribution in [0.5, 0.6) is 0 Å². The van der Waals surface area contributed by atoms with Gasteiger partial charge < -0.3 is 14.5 Å². The third-order valence-corrected chi connectivity index (χ3v) is 6.20. The highest BCUT2D eigenvalue weighted by atomic mass is 32.1. The van der Waals surface area contributed by atoms with Gasteiger partial charge in [0.2, 0.25) is 5.76 Å². The monoisotopic (exact) mass is 474 g/mol. The summed E-state index contributed by atoms with van der Waals surface area (Å²) in [6.07, 6.45) is 0. The summed E-state index contributed by atoms with van der Waals surface area (Å²) in [5.41, 5.74) is 2.04. The van der Waals surface area contributed by atoms with Crippen LogP contribution in [0.2, 0.25) is 0 Å². The van der Waals surface area contributed by atoms with Gasteiger partial charge in [-0.3, -0.25) is 4.79 Å². The molecule has 2 aromatic carbocycles. The fourth-order valence-corrected chi connectivity index (χ4v) is 4.61. The van der Waals surface area contributed by atoms with Crippen molar-refractivity contribution in [3.05, 3.63) is 76.7 Å². The standard InChI is InChI=1S/C24H15FN4O4S/c1-13-17-10-20(34-23(17)29(28-13)15-8-6-14(25)7-9-15)24(31)32-12-21(30)27-22-16-4-2-3-5-18(16)33-19(22)11-26/h2-10H,12H2,1H3,(H,27,30). The zero-order chi connectivity index (χ0) is 23.8. The van der Waals surface area contributed by atoms with E-state index in [1.807, 2.05) is 6.07 Å². The van der Waals surface area contributed by atoms with Gasteiger partial charge in [0.15, 0.2) is 6.61 Å². The number of fused-ring (bicyclic) bond motifs is 2. The van der Waals surface area contributed by atoms with Gasteiger partial charge in [-0.15, -0.1) is 11.3 Å². The number of anilines is 1.